The summed E-state index contributed by atoms with van der Waals surface area (Å²) in [5, 5.41) is 28.8. The highest BCUT2D eigenvalue weighted by Crippen LogP contribution is 2.34. The Morgan fingerprint density at radius 3 is 2.71 bits per heavy atom. The number of benzene rings is 1. The molecule has 6 nitrogen and oxygen atoms in total. The van der Waals surface area contributed by atoms with Crippen LogP contribution in [0.15, 0.2) is 53.7 Å². The molecule has 1 aliphatic rings. The van der Waals surface area contributed by atoms with Crippen LogP contribution in [0.5, 0.6) is 5.75 Å². The van der Waals surface area contributed by atoms with E-state index in [2.05, 4.69) is 4.98 Å². The number of phenols is 1. The molecule has 31 heavy (non-hydrogen) atoms. The van der Waals surface area contributed by atoms with Gasteiger partial charge in [0.15, 0.2) is 21.4 Å². The van der Waals surface area contributed by atoms with Gasteiger partial charge in [-0.1, -0.05) is 24.6 Å². The lowest BCUT2D eigenvalue weighted by molar-refractivity contribution is 0.190. The summed E-state index contributed by atoms with van der Waals surface area (Å²) < 4.78 is 38.5. The summed E-state index contributed by atoms with van der Waals surface area (Å²) in [7, 11) is -3.52. The molecular weight excluding hydrogens is 421 g/mol. The van der Waals surface area contributed by atoms with Gasteiger partial charge in [-0.25, -0.2) is 12.8 Å². The molecule has 0 amide bonds. The molecule has 2 heterocycles. The Morgan fingerprint density at radius 1 is 1.32 bits per heavy atom. The van der Waals surface area contributed by atoms with Gasteiger partial charge in [-0.3, -0.25) is 4.98 Å². The highest BCUT2D eigenvalue weighted by atomic mass is 32.2. The third-order valence-corrected chi connectivity index (χ3v) is 7.53. The molecule has 3 rings (SSSR count). The minimum atomic E-state index is -3.52. The average molecular weight is 448 g/mol. The fourth-order valence-electron chi connectivity index (χ4n) is 3.90. The lowest BCUT2D eigenvalue weighted by Gasteiger charge is -2.19. The first kappa shape index (κ1) is 23.1. The van der Waals surface area contributed by atoms with Crippen LogP contribution in [0.3, 0.4) is 0 Å². The van der Waals surface area contributed by atoms with E-state index in [1.807, 2.05) is 13.0 Å². The molecule has 3 N–H and O–H groups in total. The number of halogens is 1. The van der Waals surface area contributed by atoms with E-state index in [-0.39, 0.29) is 12.2 Å². The molecule has 0 radical (unpaired) electrons. The largest absolute Gasteiger partial charge is 0.505 e. The Kier molecular flexibility index (Phi) is 7.25. The lowest BCUT2D eigenvalue weighted by Crippen LogP contribution is -2.29. The Hall–Kier alpha value is -2.55. The van der Waals surface area contributed by atoms with Crippen LogP contribution in [0.25, 0.3) is 11.6 Å². The van der Waals surface area contributed by atoms with Crippen LogP contribution >= 0.6 is 0 Å². The van der Waals surface area contributed by atoms with E-state index >= 15 is 0 Å². The molecule has 0 aliphatic carbocycles. The van der Waals surface area contributed by atoms with Crippen molar-refractivity contribution in [3.8, 4) is 5.75 Å². The van der Waals surface area contributed by atoms with E-state index in [9.17, 15) is 28.1 Å². The van der Waals surface area contributed by atoms with Crippen LogP contribution < -0.4 is 0 Å². The van der Waals surface area contributed by atoms with E-state index in [1.54, 1.807) is 30.5 Å². The first-order chi connectivity index (χ1) is 14.8. The van der Waals surface area contributed by atoms with Gasteiger partial charge >= 0.3 is 0 Å². The van der Waals surface area contributed by atoms with Crippen molar-refractivity contribution < 1.29 is 28.1 Å². The zero-order chi connectivity index (χ0) is 22.6. The number of aromatic nitrogens is 1. The van der Waals surface area contributed by atoms with Gasteiger partial charge in [-0.2, -0.15) is 0 Å². The molecular formula is C23H26FNO5S. The second-order valence-corrected chi connectivity index (χ2v) is 9.72. The second kappa shape index (κ2) is 9.72. The number of pyridine rings is 1. The molecule has 0 saturated heterocycles. The smallest absolute Gasteiger partial charge is 0.165 e. The topological polar surface area (TPSA) is 108 Å². The number of aliphatic hydroxyl groups excluding tert-OH is 2. The van der Waals surface area contributed by atoms with Gasteiger partial charge in [0.2, 0.25) is 0 Å². The maximum atomic E-state index is 13.8. The predicted octanol–water partition coefficient (Wildman–Crippen LogP) is 3.10. The van der Waals surface area contributed by atoms with Crippen LogP contribution in [0.1, 0.15) is 37.4 Å². The van der Waals surface area contributed by atoms with Gasteiger partial charge in [0.25, 0.3) is 0 Å². The van der Waals surface area contributed by atoms with E-state index < -0.39 is 39.4 Å². The number of sulfone groups is 1. The van der Waals surface area contributed by atoms with Crippen molar-refractivity contribution in [2.24, 2.45) is 0 Å². The quantitative estimate of drug-likeness (QED) is 0.537. The van der Waals surface area contributed by atoms with Crippen LogP contribution in [-0.2, 0) is 9.84 Å². The molecule has 0 spiro atoms. The number of allylic oxidation sites excluding steroid dienone is 1. The molecule has 1 aliphatic heterocycles. The van der Waals surface area contributed by atoms with Gasteiger partial charge < -0.3 is 15.3 Å². The van der Waals surface area contributed by atoms with Gasteiger partial charge in [-0.15, -0.1) is 0 Å². The van der Waals surface area contributed by atoms with Crippen LogP contribution in [-0.4, -0.2) is 52.4 Å². The standard InChI is InChI=1S/C23H26FNO5S/c1-2-16-14-31(29,30)22(13-26)23(16)21(28)9-7-17(19-5-3-4-10-25-19)11-15-6-8-20(27)18(24)12-15/h3-6,8,10-12,21-22,26-28H,2,7,9,13-14H2,1H3/b17-11-/t21-,22+/m1/s1. The monoisotopic (exact) mass is 447 g/mol. The maximum absolute atomic E-state index is 13.8. The molecule has 8 heteroatoms. The number of rotatable bonds is 8. The van der Waals surface area contributed by atoms with Crippen molar-refractivity contribution in [1.29, 1.82) is 0 Å². The molecule has 2 aromatic rings. The van der Waals surface area contributed by atoms with Crippen LogP contribution in [0.4, 0.5) is 4.39 Å². The van der Waals surface area contributed by atoms with E-state index in [4.69, 9.17) is 0 Å². The summed E-state index contributed by atoms with van der Waals surface area (Å²) in [5.41, 5.74) is 2.93. The van der Waals surface area contributed by atoms with Gasteiger partial charge in [0.1, 0.15) is 5.25 Å². The molecule has 0 fully saturated rings. The number of aromatic hydroxyl groups is 1. The second-order valence-electron chi connectivity index (χ2n) is 7.54. The van der Waals surface area contributed by atoms with Crippen molar-refractivity contribution in [3.05, 3.63) is 70.8 Å². The van der Waals surface area contributed by atoms with Crippen molar-refractivity contribution in [3.63, 3.8) is 0 Å². The van der Waals surface area contributed by atoms with Crippen molar-refractivity contribution >= 4 is 21.5 Å². The highest BCUT2D eigenvalue weighted by Gasteiger charge is 2.40. The van der Waals surface area contributed by atoms with Gasteiger partial charge in [0.05, 0.1) is 24.2 Å². The first-order valence-electron chi connectivity index (χ1n) is 10.1. The number of aliphatic hydroxyl groups is 2. The van der Waals surface area contributed by atoms with Crippen LogP contribution in [0.2, 0.25) is 0 Å². The molecule has 2 atom stereocenters. The molecule has 1 aromatic heterocycles. The zero-order valence-electron chi connectivity index (χ0n) is 17.2. The Morgan fingerprint density at radius 2 is 2.10 bits per heavy atom. The number of hydrogen-bond acceptors (Lipinski definition) is 6. The Labute approximate surface area is 181 Å². The summed E-state index contributed by atoms with van der Waals surface area (Å²) in [6.45, 7) is 1.27. The SMILES string of the molecule is CCC1=C([C@H](O)CC/C(=C/c2ccc(O)c(F)c2)c2ccccn2)[C@H](CO)S(=O)(=O)C1. The minimum Gasteiger partial charge on any atom is -0.505 e. The van der Waals surface area contributed by atoms with Crippen LogP contribution in [0, 0.1) is 5.82 Å². The maximum Gasteiger partial charge on any atom is 0.165 e. The molecule has 0 bridgehead atoms. The average Bonchev–Trinajstić information content (AvgIpc) is 3.03. The summed E-state index contributed by atoms with van der Waals surface area (Å²) in [5.74, 6) is -1.33. The van der Waals surface area contributed by atoms with E-state index in [1.165, 1.54) is 12.1 Å². The summed E-state index contributed by atoms with van der Waals surface area (Å²) in [4.78, 5) is 4.34. The number of nitrogens with zero attached hydrogens (tertiary/aromatic N) is 1. The van der Waals surface area contributed by atoms with Gasteiger partial charge in [-0.05, 0) is 66.3 Å². The number of hydrogen-bond donors (Lipinski definition) is 3. The highest BCUT2D eigenvalue weighted by molar-refractivity contribution is 7.92. The Bertz CT molecular complexity index is 1100. The summed E-state index contributed by atoms with van der Waals surface area (Å²) in [6, 6.07) is 9.41. The van der Waals surface area contributed by atoms with Gasteiger partial charge in [0, 0.05) is 6.20 Å². The molecule has 0 unspecified atom stereocenters. The lowest BCUT2D eigenvalue weighted by atomic mass is 9.93. The summed E-state index contributed by atoms with van der Waals surface area (Å²) >= 11 is 0. The molecule has 1 aromatic carbocycles. The van der Waals surface area contributed by atoms with Crippen molar-refractivity contribution in [2.75, 3.05) is 12.4 Å². The van der Waals surface area contributed by atoms with E-state index in [0.29, 0.717) is 35.2 Å². The molecule has 166 valence electrons. The number of phenolic OH excluding ortho intramolecular Hbond substituents is 1. The zero-order valence-corrected chi connectivity index (χ0v) is 18.0. The normalized spacial score (nSPS) is 19.6. The third kappa shape index (κ3) is 5.20. The Balaban J connectivity index is 1.89. The van der Waals surface area contributed by atoms with E-state index in [0.717, 1.165) is 5.57 Å². The fraction of sp³-hybridized carbons (Fsp3) is 0.348. The fourth-order valence-corrected chi connectivity index (χ4v) is 5.90. The molecule has 0 saturated carbocycles. The van der Waals surface area contributed by atoms with Crippen molar-refractivity contribution in [1.82, 2.24) is 4.98 Å². The summed E-state index contributed by atoms with van der Waals surface area (Å²) in [6.07, 6.45) is 3.36. The third-order valence-electron chi connectivity index (χ3n) is 5.51. The predicted molar refractivity (Wildman–Crippen MR) is 117 cm³/mol. The first-order valence-corrected chi connectivity index (χ1v) is 11.8. The van der Waals surface area contributed by atoms with Crippen molar-refractivity contribution in [2.45, 2.75) is 37.5 Å². The minimum absolute atomic E-state index is 0.142.